The number of amides is 1. The molecule has 33 heavy (non-hydrogen) atoms. The van der Waals surface area contributed by atoms with Crippen molar-refractivity contribution in [2.75, 3.05) is 19.6 Å². The van der Waals surface area contributed by atoms with Crippen LogP contribution in [0.3, 0.4) is 0 Å². The van der Waals surface area contributed by atoms with Crippen molar-refractivity contribution in [3.63, 3.8) is 0 Å². The third-order valence-electron chi connectivity index (χ3n) is 6.34. The summed E-state index contributed by atoms with van der Waals surface area (Å²) in [4.78, 5) is 20.3. The molecule has 1 amide bonds. The zero-order chi connectivity index (χ0) is 22.8. The average molecular weight is 444 g/mol. The maximum absolute atomic E-state index is 13.3. The number of aromatic nitrogens is 3. The van der Waals surface area contributed by atoms with Gasteiger partial charge in [-0.15, -0.1) is 0 Å². The number of likely N-dealkylation sites (tertiary alicyclic amines) is 1. The Hall–Kier alpha value is -3.45. The van der Waals surface area contributed by atoms with Crippen LogP contribution in [0.15, 0.2) is 59.3 Å². The van der Waals surface area contributed by atoms with Gasteiger partial charge >= 0.3 is 0 Å². The fourth-order valence-electron chi connectivity index (χ4n) is 4.57. The highest BCUT2D eigenvalue weighted by atomic mass is 16.3. The minimum atomic E-state index is -0.115. The minimum Gasteiger partial charge on any atom is -0.468 e. The maximum Gasteiger partial charge on any atom is 0.252 e. The molecule has 1 aliphatic rings. The van der Waals surface area contributed by atoms with Crippen LogP contribution in [-0.2, 0) is 6.54 Å². The summed E-state index contributed by atoms with van der Waals surface area (Å²) >= 11 is 0. The first kappa shape index (κ1) is 21.4. The first-order chi connectivity index (χ1) is 16.1. The van der Waals surface area contributed by atoms with E-state index in [4.69, 9.17) is 4.42 Å². The monoisotopic (exact) mass is 443 g/mol. The first-order valence-electron chi connectivity index (χ1n) is 11.5. The van der Waals surface area contributed by atoms with Crippen LogP contribution in [-0.4, -0.2) is 45.2 Å². The van der Waals surface area contributed by atoms with E-state index in [1.165, 1.54) is 18.4 Å². The fourth-order valence-corrected chi connectivity index (χ4v) is 4.57. The molecule has 5 rings (SSSR count). The van der Waals surface area contributed by atoms with Gasteiger partial charge in [-0.05, 0) is 63.5 Å². The number of rotatable bonds is 7. The molecule has 1 N–H and O–H groups in total. The Kier molecular flexibility index (Phi) is 5.96. The number of nitrogens with zero attached hydrogens (tertiary/aromatic N) is 4. The van der Waals surface area contributed by atoms with Crippen LogP contribution >= 0.6 is 0 Å². The molecule has 3 aromatic heterocycles. The quantitative estimate of drug-likeness (QED) is 0.462. The van der Waals surface area contributed by atoms with Crippen molar-refractivity contribution in [2.24, 2.45) is 0 Å². The number of nitrogens with one attached hydrogen (secondary N) is 1. The van der Waals surface area contributed by atoms with Crippen molar-refractivity contribution in [3.05, 3.63) is 83.1 Å². The zero-order valence-electron chi connectivity index (χ0n) is 19.1. The lowest BCUT2D eigenvalue weighted by atomic mass is 10.1. The lowest BCUT2D eigenvalue weighted by Gasteiger charge is -2.26. The first-order valence-corrected chi connectivity index (χ1v) is 11.5. The van der Waals surface area contributed by atoms with Crippen molar-refractivity contribution >= 4 is 16.9 Å². The molecule has 1 aliphatic heterocycles. The Morgan fingerprint density at radius 1 is 1.15 bits per heavy atom. The average Bonchev–Trinajstić information content (AvgIpc) is 3.58. The van der Waals surface area contributed by atoms with Gasteiger partial charge in [0, 0.05) is 12.2 Å². The Morgan fingerprint density at radius 3 is 2.67 bits per heavy atom. The van der Waals surface area contributed by atoms with E-state index in [0.717, 1.165) is 41.1 Å². The minimum absolute atomic E-state index is 0.0362. The molecule has 0 radical (unpaired) electrons. The van der Waals surface area contributed by atoms with E-state index in [-0.39, 0.29) is 11.9 Å². The van der Waals surface area contributed by atoms with Crippen molar-refractivity contribution in [3.8, 4) is 0 Å². The van der Waals surface area contributed by atoms with E-state index in [2.05, 4.69) is 51.5 Å². The van der Waals surface area contributed by atoms with E-state index in [9.17, 15) is 4.79 Å². The molecule has 0 bridgehead atoms. The third-order valence-corrected chi connectivity index (χ3v) is 6.34. The SMILES string of the molecule is Cc1ccc(Cn2ncc3c(C(=O)NCC(c4ccco4)N4CCCC4)cc(C)nc32)cc1. The van der Waals surface area contributed by atoms with Gasteiger partial charge in [0.15, 0.2) is 5.65 Å². The van der Waals surface area contributed by atoms with E-state index in [1.807, 2.05) is 29.8 Å². The summed E-state index contributed by atoms with van der Waals surface area (Å²) in [6.07, 6.45) is 5.79. The van der Waals surface area contributed by atoms with Gasteiger partial charge in [0.05, 0.1) is 36.0 Å². The Morgan fingerprint density at radius 2 is 1.94 bits per heavy atom. The number of carbonyl (C=O) groups excluding carboxylic acids is 1. The van der Waals surface area contributed by atoms with Crippen LogP contribution in [0.25, 0.3) is 11.0 Å². The van der Waals surface area contributed by atoms with Gasteiger partial charge in [-0.25, -0.2) is 9.67 Å². The van der Waals surface area contributed by atoms with Gasteiger partial charge in [-0.1, -0.05) is 29.8 Å². The third kappa shape index (κ3) is 4.54. The molecule has 0 aliphatic carbocycles. The van der Waals surface area contributed by atoms with Gasteiger partial charge in [-0.3, -0.25) is 9.69 Å². The number of carbonyl (C=O) groups is 1. The number of hydrogen-bond donors (Lipinski definition) is 1. The number of aryl methyl sites for hydroxylation is 2. The van der Waals surface area contributed by atoms with E-state index in [1.54, 1.807) is 12.5 Å². The summed E-state index contributed by atoms with van der Waals surface area (Å²) in [7, 11) is 0. The standard InChI is InChI=1S/C26H29N5O2/c1-18-7-9-20(10-8-18)17-31-25-22(15-28-31)21(14-19(2)29-25)26(32)27-16-23(24-6-5-13-33-24)30-11-3-4-12-30/h5-10,13-15,23H,3-4,11-12,16-17H2,1-2H3,(H,27,32). The van der Waals surface area contributed by atoms with Crippen LogP contribution in [0, 0.1) is 13.8 Å². The predicted molar refractivity (Wildman–Crippen MR) is 127 cm³/mol. The number of fused-ring (bicyclic) bond motifs is 1. The molecule has 1 fully saturated rings. The van der Waals surface area contributed by atoms with Crippen LogP contribution < -0.4 is 5.32 Å². The predicted octanol–water partition coefficient (Wildman–Crippen LogP) is 4.26. The molecule has 170 valence electrons. The molecule has 1 saturated heterocycles. The lowest BCUT2D eigenvalue weighted by Crippen LogP contribution is -2.36. The maximum atomic E-state index is 13.3. The Bertz CT molecular complexity index is 1240. The summed E-state index contributed by atoms with van der Waals surface area (Å²) in [5.74, 6) is 0.773. The molecule has 0 saturated carbocycles. The summed E-state index contributed by atoms with van der Waals surface area (Å²) in [5.41, 5.74) is 4.49. The van der Waals surface area contributed by atoms with Crippen molar-refractivity contribution < 1.29 is 9.21 Å². The van der Waals surface area contributed by atoms with Crippen LogP contribution in [0.1, 0.15) is 51.8 Å². The second-order valence-electron chi connectivity index (χ2n) is 8.82. The molecular formula is C26H29N5O2. The largest absolute Gasteiger partial charge is 0.468 e. The van der Waals surface area contributed by atoms with Gasteiger partial charge in [0.1, 0.15) is 5.76 Å². The molecule has 4 aromatic rings. The molecular weight excluding hydrogens is 414 g/mol. The Balaban J connectivity index is 1.38. The van der Waals surface area contributed by atoms with Crippen molar-refractivity contribution in [1.82, 2.24) is 25.0 Å². The Labute approximate surface area is 193 Å². The van der Waals surface area contributed by atoms with E-state index < -0.39 is 0 Å². The smallest absolute Gasteiger partial charge is 0.252 e. The van der Waals surface area contributed by atoms with E-state index >= 15 is 0 Å². The number of hydrogen-bond acceptors (Lipinski definition) is 5. The second kappa shape index (κ2) is 9.19. The van der Waals surface area contributed by atoms with Crippen molar-refractivity contribution in [2.45, 2.75) is 39.3 Å². The molecule has 7 nitrogen and oxygen atoms in total. The molecule has 1 atom stereocenters. The van der Waals surface area contributed by atoms with Crippen LogP contribution in [0.2, 0.25) is 0 Å². The highest BCUT2D eigenvalue weighted by molar-refractivity contribution is 6.05. The molecule has 0 spiro atoms. The number of pyridine rings is 1. The highest BCUT2D eigenvalue weighted by Crippen LogP contribution is 2.25. The second-order valence-corrected chi connectivity index (χ2v) is 8.82. The number of benzene rings is 1. The highest BCUT2D eigenvalue weighted by Gasteiger charge is 2.26. The normalized spacial score (nSPS) is 15.2. The van der Waals surface area contributed by atoms with Gasteiger partial charge in [-0.2, -0.15) is 5.10 Å². The summed E-state index contributed by atoms with van der Waals surface area (Å²) in [6, 6.07) is 14.1. The topological polar surface area (TPSA) is 76.2 Å². The number of furan rings is 1. The molecule has 7 heteroatoms. The van der Waals surface area contributed by atoms with Gasteiger partial charge < -0.3 is 9.73 Å². The summed E-state index contributed by atoms with van der Waals surface area (Å²) in [5, 5.41) is 8.46. The summed E-state index contributed by atoms with van der Waals surface area (Å²) in [6.45, 7) is 7.12. The fraction of sp³-hybridized carbons (Fsp3) is 0.346. The zero-order valence-corrected chi connectivity index (χ0v) is 19.1. The molecule has 4 heterocycles. The lowest BCUT2D eigenvalue weighted by molar-refractivity contribution is 0.0935. The van der Waals surface area contributed by atoms with Gasteiger partial charge in [0.2, 0.25) is 0 Å². The van der Waals surface area contributed by atoms with Crippen LogP contribution in [0.5, 0.6) is 0 Å². The van der Waals surface area contributed by atoms with Crippen molar-refractivity contribution in [1.29, 1.82) is 0 Å². The molecule has 1 unspecified atom stereocenters. The van der Waals surface area contributed by atoms with Gasteiger partial charge in [0.25, 0.3) is 5.91 Å². The molecule has 1 aromatic carbocycles. The summed E-state index contributed by atoms with van der Waals surface area (Å²) < 4.78 is 7.55. The van der Waals surface area contributed by atoms with E-state index in [0.29, 0.717) is 18.7 Å². The van der Waals surface area contributed by atoms with Crippen LogP contribution in [0.4, 0.5) is 0 Å².